The second-order valence-corrected chi connectivity index (χ2v) is 7.94. The van der Waals surface area contributed by atoms with Crippen molar-refractivity contribution in [2.24, 2.45) is 0 Å². The lowest BCUT2D eigenvalue weighted by atomic mass is 10.5. The maximum atomic E-state index is 11.6. The number of rotatable bonds is 6. The number of alkyl halides is 2. The Morgan fingerprint density at radius 1 is 0.656 bits per heavy atom. The zero-order chi connectivity index (χ0) is 26.7. The lowest BCUT2D eigenvalue weighted by molar-refractivity contribution is -0.120. The van der Waals surface area contributed by atoms with Crippen molar-refractivity contribution >= 4 is 53.2 Å². The van der Waals surface area contributed by atoms with E-state index in [-0.39, 0.29) is 7.43 Å². The molecular formula is C9H15F8NO10S4. The van der Waals surface area contributed by atoms with Crippen LogP contribution >= 0.6 is 0 Å². The lowest BCUT2D eigenvalue weighted by Crippen LogP contribution is -2.19. The summed E-state index contributed by atoms with van der Waals surface area (Å²) in [6.45, 7) is -0.937. The summed E-state index contributed by atoms with van der Waals surface area (Å²) in [4.78, 5) is 19.7. The van der Waals surface area contributed by atoms with Gasteiger partial charge in [0.05, 0.1) is 6.07 Å². The van der Waals surface area contributed by atoms with Gasteiger partial charge in [0.2, 0.25) is 0 Å². The van der Waals surface area contributed by atoms with E-state index in [4.69, 9.17) is 22.1 Å². The van der Waals surface area contributed by atoms with Crippen LogP contribution in [0.2, 0.25) is 0 Å². The molecule has 0 aliphatic heterocycles. The fourth-order valence-electron chi connectivity index (χ4n) is 0.462. The fraction of sp³-hybridized carbons (Fsp3) is 0.667. The quantitative estimate of drug-likeness (QED) is 0.325. The average Bonchev–Trinajstić information content (AvgIpc) is 2.40. The Morgan fingerprint density at radius 3 is 0.875 bits per heavy atom. The number of hydrogen-bond acceptors (Lipinski definition) is 11. The van der Waals surface area contributed by atoms with Gasteiger partial charge in [0.1, 0.15) is 11.5 Å². The molecule has 0 radical (unpaired) electrons. The molecule has 0 fully saturated rings. The van der Waals surface area contributed by atoms with Gasteiger partial charge >= 0.3 is 41.7 Å². The normalized spacial score (nSPS) is 10.2. The molecule has 0 spiro atoms. The van der Waals surface area contributed by atoms with Crippen LogP contribution in [0.25, 0.3) is 0 Å². The first-order valence-corrected chi connectivity index (χ1v) is 11.6. The minimum absolute atomic E-state index is 0. The van der Waals surface area contributed by atoms with Gasteiger partial charge < -0.3 is 0 Å². The number of halogens is 8. The summed E-state index contributed by atoms with van der Waals surface area (Å²) in [5, 5.41) is 7.32. The second-order valence-electron chi connectivity index (χ2n) is 3.69. The first-order chi connectivity index (χ1) is 13.3. The van der Waals surface area contributed by atoms with Crippen LogP contribution in [0.15, 0.2) is 0 Å². The highest BCUT2D eigenvalue weighted by atomic mass is 32.3. The Morgan fingerprint density at radius 2 is 0.812 bits per heavy atom. The van der Waals surface area contributed by atoms with E-state index in [2.05, 4.69) is 0 Å². The standard InChI is InChI=1S/C3H4F2O5S2.C3H4F2O.C2H3N.CH4.2F2O2S/c4-11(7,8)1-3(6)2-12(5,9)10;4-1-3(6)2-5;1-2-3;;2*1-5(2,3)4/h1-2H2;1-2H2;1H3;1H4;;. The Bertz CT molecular complexity index is 899. The Labute approximate surface area is 179 Å². The van der Waals surface area contributed by atoms with Gasteiger partial charge in [-0.2, -0.15) is 38.9 Å². The molecule has 0 aromatic heterocycles. The SMILES string of the molecule is C.CC#N.O=C(CF)CF.O=C(CS(=O)(=O)F)CS(=O)(=O)F.O=S(=O)(F)F.O=S(=O)(F)F. The molecule has 23 heteroatoms. The lowest BCUT2D eigenvalue weighted by Gasteiger charge is -1.91. The topological polar surface area (TPSA) is 194 Å². The van der Waals surface area contributed by atoms with Crippen molar-refractivity contribution in [2.75, 3.05) is 24.9 Å². The summed E-state index contributed by atoms with van der Waals surface area (Å²) in [5.41, 5.74) is 0. The van der Waals surface area contributed by atoms with Crippen molar-refractivity contribution < 1.29 is 75.4 Å². The zero-order valence-corrected chi connectivity index (χ0v) is 17.8. The summed E-state index contributed by atoms with van der Waals surface area (Å²) in [7, 11) is -21.5. The molecule has 0 aromatic rings. The number of hydrogen-bond donors (Lipinski definition) is 0. The summed E-state index contributed by atoms with van der Waals surface area (Å²) >= 11 is 0. The molecule has 0 unspecified atom stereocenters. The van der Waals surface area contributed by atoms with Crippen LogP contribution in [-0.4, -0.2) is 70.1 Å². The van der Waals surface area contributed by atoms with Crippen LogP contribution in [0.1, 0.15) is 14.4 Å². The number of Topliss-reactive ketones (excluding diaryl/α,β-unsaturated/α-hetero) is 2. The Balaban J connectivity index is -0.0000000720. The van der Waals surface area contributed by atoms with Crippen molar-refractivity contribution in [1.29, 1.82) is 5.26 Å². The first-order valence-electron chi connectivity index (χ1n) is 5.92. The molecule has 0 aliphatic carbocycles. The van der Waals surface area contributed by atoms with Crippen molar-refractivity contribution in [3.63, 3.8) is 0 Å². The van der Waals surface area contributed by atoms with Crippen LogP contribution in [0.4, 0.5) is 32.1 Å². The van der Waals surface area contributed by atoms with Gasteiger partial charge in [0.15, 0.2) is 24.9 Å². The van der Waals surface area contributed by atoms with E-state index in [1.54, 1.807) is 6.07 Å². The van der Waals surface area contributed by atoms with E-state index >= 15 is 0 Å². The fourth-order valence-corrected chi connectivity index (χ4v) is 1.56. The van der Waals surface area contributed by atoms with Crippen molar-refractivity contribution in [3.05, 3.63) is 0 Å². The monoisotopic (exact) mass is 577 g/mol. The third-order valence-electron chi connectivity index (χ3n) is 0.965. The Hall–Kier alpha value is -1.93. The average molecular weight is 577 g/mol. The van der Waals surface area contributed by atoms with Gasteiger partial charge in [-0.1, -0.05) is 23.0 Å². The molecule has 0 amide bonds. The van der Waals surface area contributed by atoms with Gasteiger partial charge in [-0.25, -0.2) is 8.78 Å². The molecule has 0 saturated carbocycles. The van der Waals surface area contributed by atoms with Crippen LogP contribution < -0.4 is 0 Å². The molecule has 0 aromatic carbocycles. The molecule has 196 valence electrons. The summed E-state index contributed by atoms with van der Waals surface area (Å²) in [5.74, 6) is -5.76. The molecule has 0 aliphatic rings. The second kappa shape index (κ2) is 20.9. The van der Waals surface area contributed by atoms with Crippen molar-refractivity contribution in [2.45, 2.75) is 14.4 Å². The van der Waals surface area contributed by atoms with Gasteiger partial charge in [0.25, 0.3) is 0 Å². The predicted molar refractivity (Wildman–Crippen MR) is 92.0 cm³/mol. The van der Waals surface area contributed by atoms with Crippen LogP contribution in [0, 0.1) is 11.3 Å². The molecule has 11 nitrogen and oxygen atoms in total. The predicted octanol–water partition coefficient (Wildman–Crippen LogP) is 1.15. The highest BCUT2D eigenvalue weighted by Gasteiger charge is 2.20. The van der Waals surface area contributed by atoms with Gasteiger partial charge in [-0.05, 0) is 0 Å². The summed E-state index contributed by atoms with van der Waals surface area (Å²) < 4.78 is 157. The van der Waals surface area contributed by atoms with E-state index in [9.17, 15) is 58.5 Å². The van der Waals surface area contributed by atoms with Crippen LogP contribution in [0.5, 0.6) is 0 Å². The minimum Gasteiger partial charge on any atom is -0.297 e. The van der Waals surface area contributed by atoms with E-state index in [0.717, 1.165) is 0 Å². The van der Waals surface area contributed by atoms with Gasteiger partial charge in [0, 0.05) is 6.92 Å². The minimum atomic E-state index is -5.67. The molecule has 0 atom stereocenters. The largest absolute Gasteiger partial charge is 0.476 e. The molecule has 0 heterocycles. The number of carbonyl (C=O) groups excluding carboxylic acids is 2. The third-order valence-corrected chi connectivity index (χ3v) is 2.30. The molecular weight excluding hydrogens is 562 g/mol. The maximum Gasteiger partial charge on any atom is 0.476 e. The summed E-state index contributed by atoms with van der Waals surface area (Å²) in [6.07, 6.45) is 0. The number of carbonyl (C=O) groups is 2. The van der Waals surface area contributed by atoms with E-state index in [0.29, 0.717) is 0 Å². The van der Waals surface area contributed by atoms with E-state index < -0.39 is 78.1 Å². The molecule has 0 N–H and O–H groups in total. The summed E-state index contributed by atoms with van der Waals surface area (Å²) in [6, 6.07) is 1.75. The highest BCUT2D eigenvalue weighted by molar-refractivity contribution is 7.88. The van der Waals surface area contributed by atoms with E-state index in [1.807, 2.05) is 0 Å². The van der Waals surface area contributed by atoms with Crippen LogP contribution in [0.3, 0.4) is 0 Å². The molecule has 0 bridgehead atoms. The van der Waals surface area contributed by atoms with Crippen LogP contribution in [-0.2, 0) is 51.3 Å². The maximum absolute atomic E-state index is 11.6. The van der Waals surface area contributed by atoms with E-state index in [1.165, 1.54) is 6.92 Å². The Kier molecular flexibility index (Phi) is 28.7. The molecule has 0 saturated heterocycles. The number of nitrogens with zero attached hydrogens (tertiary/aromatic N) is 1. The van der Waals surface area contributed by atoms with Crippen molar-refractivity contribution in [3.8, 4) is 6.07 Å². The van der Waals surface area contributed by atoms with Gasteiger partial charge in [-0.15, -0.1) is 7.77 Å². The molecule has 0 rings (SSSR count). The smallest absolute Gasteiger partial charge is 0.297 e. The number of ketones is 2. The zero-order valence-electron chi connectivity index (χ0n) is 14.5. The molecule has 32 heavy (non-hydrogen) atoms. The van der Waals surface area contributed by atoms with Gasteiger partial charge in [-0.3, -0.25) is 9.59 Å². The highest BCUT2D eigenvalue weighted by Crippen LogP contribution is 1.96. The third kappa shape index (κ3) is 141. The number of nitriles is 1. The first kappa shape index (κ1) is 43.9. The van der Waals surface area contributed by atoms with Crippen molar-refractivity contribution in [1.82, 2.24) is 0 Å².